The van der Waals surface area contributed by atoms with Crippen molar-refractivity contribution in [3.8, 4) is 0 Å². The summed E-state index contributed by atoms with van der Waals surface area (Å²) >= 11 is 0. The van der Waals surface area contributed by atoms with Crippen LogP contribution in [-0.2, 0) is 28.6 Å². The number of carbonyl (C=O) groups excluding carboxylic acids is 3. The Morgan fingerprint density at radius 1 is 0.213 bits per heavy atom. The maximum absolute atomic E-state index is 12.9. The summed E-state index contributed by atoms with van der Waals surface area (Å²) in [5, 5.41) is 0. The van der Waals surface area contributed by atoms with Crippen molar-refractivity contribution in [1.29, 1.82) is 0 Å². The maximum atomic E-state index is 12.9. The van der Waals surface area contributed by atoms with Gasteiger partial charge >= 0.3 is 17.9 Å². The molecule has 446 valence electrons. The van der Waals surface area contributed by atoms with Crippen molar-refractivity contribution in [1.82, 2.24) is 0 Å². The van der Waals surface area contributed by atoms with E-state index < -0.39 is 6.10 Å². The lowest BCUT2D eigenvalue weighted by atomic mass is 10.0. The lowest BCUT2D eigenvalue weighted by molar-refractivity contribution is -0.167. The van der Waals surface area contributed by atoms with E-state index in [9.17, 15) is 14.4 Å². The molecule has 1 atom stereocenters. The minimum Gasteiger partial charge on any atom is -0.462 e. The Hall–Kier alpha value is -1.59. The Morgan fingerprint density at radius 2 is 0.360 bits per heavy atom. The van der Waals surface area contributed by atoms with E-state index in [1.807, 2.05) is 0 Å². The van der Waals surface area contributed by atoms with Crippen LogP contribution in [0.2, 0.25) is 0 Å². The van der Waals surface area contributed by atoms with Gasteiger partial charge in [0.2, 0.25) is 0 Å². The molecule has 6 nitrogen and oxygen atoms in total. The molecule has 6 heteroatoms. The molecule has 0 rings (SSSR count). The molecule has 0 aliphatic carbocycles. The van der Waals surface area contributed by atoms with Crippen LogP contribution in [0.15, 0.2) is 0 Å². The number of hydrogen-bond donors (Lipinski definition) is 0. The van der Waals surface area contributed by atoms with Crippen LogP contribution in [0, 0.1) is 0 Å². The van der Waals surface area contributed by atoms with Crippen LogP contribution in [0.25, 0.3) is 0 Å². The average Bonchev–Trinajstić information content (AvgIpc) is 3.41. The van der Waals surface area contributed by atoms with Crippen molar-refractivity contribution in [2.45, 2.75) is 412 Å². The molecule has 0 saturated heterocycles. The normalized spacial score (nSPS) is 11.9. The fraction of sp³-hybridized carbons (Fsp3) is 0.957. The molecule has 0 aliphatic rings. The van der Waals surface area contributed by atoms with Crippen LogP contribution in [0.5, 0.6) is 0 Å². The van der Waals surface area contributed by atoms with Gasteiger partial charge in [-0.25, -0.2) is 0 Å². The zero-order chi connectivity index (χ0) is 54.3. The molecular formula is C69H134O6. The number of carbonyl (C=O) groups is 3. The van der Waals surface area contributed by atoms with Crippen LogP contribution in [-0.4, -0.2) is 37.2 Å². The van der Waals surface area contributed by atoms with E-state index in [1.165, 1.54) is 308 Å². The monoisotopic (exact) mass is 1060 g/mol. The molecule has 0 radical (unpaired) electrons. The van der Waals surface area contributed by atoms with Crippen LogP contribution in [0.3, 0.4) is 0 Å². The van der Waals surface area contributed by atoms with Gasteiger partial charge in [0.05, 0.1) is 0 Å². The summed E-state index contributed by atoms with van der Waals surface area (Å²) in [5.41, 5.74) is 0. The van der Waals surface area contributed by atoms with Crippen molar-refractivity contribution >= 4 is 17.9 Å². The highest BCUT2D eigenvalue weighted by molar-refractivity contribution is 5.71. The third-order valence-corrected chi connectivity index (χ3v) is 16.1. The highest BCUT2D eigenvalue weighted by Gasteiger charge is 2.19. The Kier molecular flexibility index (Phi) is 63.6. The summed E-state index contributed by atoms with van der Waals surface area (Å²) < 4.78 is 17.0. The van der Waals surface area contributed by atoms with Crippen LogP contribution >= 0.6 is 0 Å². The van der Waals surface area contributed by atoms with Crippen molar-refractivity contribution in [2.24, 2.45) is 0 Å². The molecule has 0 aliphatic heterocycles. The summed E-state index contributed by atoms with van der Waals surface area (Å²) in [5.74, 6) is -0.822. The average molecular weight is 1060 g/mol. The molecule has 0 aromatic heterocycles. The van der Waals surface area contributed by atoms with Gasteiger partial charge in [0.1, 0.15) is 13.2 Å². The first-order chi connectivity index (χ1) is 37.0. The second-order valence-electron chi connectivity index (χ2n) is 23.8. The zero-order valence-electron chi connectivity index (χ0n) is 51.4. The Morgan fingerprint density at radius 3 is 0.533 bits per heavy atom. The van der Waals surface area contributed by atoms with Crippen LogP contribution < -0.4 is 0 Å². The van der Waals surface area contributed by atoms with Gasteiger partial charge in [0, 0.05) is 19.3 Å². The lowest BCUT2D eigenvalue weighted by Gasteiger charge is -2.18. The van der Waals surface area contributed by atoms with Gasteiger partial charge in [0.15, 0.2) is 6.10 Å². The summed E-state index contributed by atoms with van der Waals surface area (Å²) in [4.78, 5) is 38.3. The largest absolute Gasteiger partial charge is 0.462 e. The van der Waals surface area contributed by atoms with Crippen LogP contribution in [0.1, 0.15) is 406 Å². The van der Waals surface area contributed by atoms with E-state index in [0.29, 0.717) is 19.3 Å². The van der Waals surface area contributed by atoms with Gasteiger partial charge in [-0.15, -0.1) is 0 Å². The molecule has 0 bridgehead atoms. The summed E-state index contributed by atoms with van der Waals surface area (Å²) in [6.45, 7) is 6.74. The topological polar surface area (TPSA) is 78.9 Å². The molecule has 1 unspecified atom stereocenters. The van der Waals surface area contributed by atoms with Gasteiger partial charge in [-0.1, -0.05) is 367 Å². The third-order valence-electron chi connectivity index (χ3n) is 16.1. The van der Waals surface area contributed by atoms with E-state index in [4.69, 9.17) is 14.2 Å². The molecule has 0 aromatic carbocycles. The minimum absolute atomic E-state index is 0.0603. The smallest absolute Gasteiger partial charge is 0.306 e. The molecule has 0 aromatic rings. The highest BCUT2D eigenvalue weighted by atomic mass is 16.6. The number of ether oxygens (including phenoxy) is 3. The first-order valence-corrected chi connectivity index (χ1v) is 34.5. The van der Waals surface area contributed by atoms with Gasteiger partial charge in [-0.3, -0.25) is 14.4 Å². The van der Waals surface area contributed by atoms with E-state index >= 15 is 0 Å². The predicted molar refractivity (Wildman–Crippen MR) is 326 cm³/mol. The van der Waals surface area contributed by atoms with Gasteiger partial charge in [-0.2, -0.15) is 0 Å². The van der Waals surface area contributed by atoms with E-state index in [-0.39, 0.29) is 31.1 Å². The number of unbranched alkanes of at least 4 members (excludes halogenated alkanes) is 54. The number of esters is 3. The number of hydrogen-bond acceptors (Lipinski definition) is 6. The molecule has 0 N–H and O–H groups in total. The maximum Gasteiger partial charge on any atom is 0.306 e. The molecule has 0 heterocycles. The SMILES string of the molecule is CCCCCCCCCCCCCCCCCCCCCCCCCCCCC(=O)OCC(COC(=O)CCCCCCCCCCCCCCC)OC(=O)CCCCCCCCCCCCCCCCCCCC. The van der Waals surface area contributed by atoms with Gasteiger partial charge in [-0.05, 0) is 19.3 Å². The minimum atomic E-state index is -0.762. The van der Waals surface area contributed by atoms with Gasteiger partial charge in [0.25, 0.3) is 0 Å². The third kappa shape index (κ3) is 63.1. The van der Waals surface area contributed by atoms with E-state index in [1.54, 1.807) is 0 Å². The lowest BCUT2D eigenvalue weighted by Crippen LogP contribution is -2.30. The number of rotatable bonds is 65. The summed E-state index contributed by atoms with van der Waals surface area (Å²) in [6.07, 6.45) is 75.6. The van der Waals surface area contributed by atoms with Crippen molar-refractivity contribution < 1.29 is 28.6 Å². The predicted octanol–water partition coefficient (Wildman–Crippen LogP) is 23.5. The first kappa shape index (κ1) is 73.4. The molecular weight excluding hydrogens is 925 g/mol. The molecule has 0 fully saturated rings. The Bertz CT molecular complexity index is 1120. The fourth-order valence-electron chi connectivity index (χ4n) is 10.9. The highest BCUT2D eigenvalue weighted by Crippen LogP contribution is 2.19. The molecule has 0 spiro atoms. The summed E-state index contributed by atoms with van der Waals surface area (Å²) in [6, 6.07) is 0. The molecule has 75 heavy (non-hydrogen) atoms. The molecule has 0 saturated carbocycles. The second-order valence-corrected chi connectivity index (χ2v) is 23.8. The Labute approximate surface area is 469 Å². The first-order valence-electron chi connectivity index (χ1n) is 34.5. The Balaban J connectivity index is 4.17. The molecule has 0 amide bonds. The quantitative estimate of drug-likeness (QED) is 0.0343. The van der Waals surface area contributed by atoms with Crippen molar-refractivity contribution in [2.75, 3.05) is 13.2 Å². The fourth-order valence-corrected chi connectivity index (χ4v) is 10.9. The van der Waals surface area contributed by atoms with Crippen molar-refractivity contribution in [3.63, 3.8) is 0 Å². The van der Waals surface area contributed by atoms with E-state index in [2.05, 4.69) is 20.8 Å². The van der Waals surface area contributed by atoms with Gasteiger partial charge < -0.3 is 14.2 Å². The summed E-state index contributed by atoms with van der Waals surface area (Å²) in [7, 11) is 0. The van der Waals surface area contributed by atoms with Crippen LogP contribution in [0.4, 0.5) is 0 Å². The standard InChI is InChI=1S/C69H134O6/c1-4-7-10-13-16-19-22-25-27-29-31-32-33-34-35-36-37-38-40-41-44-47-50-53-56-59-62-68(71)74-65-66(64-73-67(70)61-58-55-52-49-46-43-24-21-18-15-12-9-6-3)75-69(72)63-60-57-54-51-48-45-42-39-30-28-26-23-20-17-14-11-8-5-2/h66H,4-65H2,1-3H3. The van der Waals surface area contributed by atoms with E-state index in [0.717, 1.165) is 57.8 Å². The van der Waals surface area contributed by atoms with Crippen molar-refractivity contribution in [3.05, 3.63) is 0 Å². The zero-order valence-corrected chi connectivity index (χ0v) is 51.4. The second kappa shape index (κ2) is 64.9.